The summed E-state index contributed by atoms with van der Waals surface area (Å²) in [6.07, 6.45) is 0. The third-order valence-corrected chi connectivity index (χ3v) is 2.40. The van der Waals surface area contributed by atoms with Gasteiger partial charge < -0.3 is 15.6 Å². The lowest BCUT2D eigenvalue weighted by atomic mass is 9.92. The van der Waals surface area contributed by atoms with Crippen molar-refractivity contribution in [1.82, 2.24) is 0 Å². The van der Waals surface area contributed by atoms with Crippen LogP contribution in [0, 0.1) is 0 Å². The van der Waals surface area contributed by atoms with Crippen LogP contribution >= 0.6 is 11.6 Å². The van der Waals surface area contributed by atoms with Crippen molar-refractivity contribution in [3.8, 4) is 5.75 Å². The summed E-state index contributed by atoms with van der Waals surface area (Å²) in [5.74, 6) is -0.727. The van der Waals surface area contributed by atoms with Crippen molar-refractivity contribution in [2.75, 3.05) is 7.11 Å². The Hall–Kier alpha value is -1.26. The zero-order valence-electron chi connectivity index (χ0n) is 8.45. The summed E-state index contributed by atoms with van der Waals surface area (Å²) in [7, 11) is 1.45. The summed E-state index contributed by atoms with van der Waals surface area (Å²) in [5, 5.41) is 9.40. The highest BCUT2D eigenvalue weighted by atomic mass is 35.5. The van der Waals surface area contributed by atoms with Gasteiger partial charge in [-0.05, 0) is 25.1 Å². The Balaban J connectivity index is 3.34. The molecule has 0 saturated carbocycles. The SMILES string of the molecule is COc1ccc(Cl)cc1C(C)(N)C(=O)O. The predicted octanol–water partition coefficient (Wildman–Crippen LogP) is 1.61. The van der Waals surface area contributed by atoms with Crippen molar-refractivity contribution in [2.45, 2.75) is 12.5 Å². The molecule has 0 fully saturated rings. The number of aliphatic carboxylic acids is 1. The molecule has 0 amide bonds. The number of nitrogens with two attached hydrogens (primary N) is 1. The third kappa shape index (κ3) is 2.22. The molecule has 1 aromatic rings. The molecule has 0 aliphatic rings. The summed E-state index contributed by atoms with van der Waals surface area (Å²) in [5.41, 5.74) is 4.52. The van der Waals surface area contributed by atoms with E-state index in [2.05, 4.69) is 0 Å². The molecule has 15 heavy (non-hydrogen) atoms. The lowest BCUT2D eigenvalue weighted by Gasteiger charge is -2.22. The summed E-state index contributed by atoms with van der Waals surface area (Å²) in [6.45, 7) is 1.39. The van der Waals surface area contributed by atoms with Gasteiger partial charge in [0.05, 0.1) is 7.11 Å². The first-order valence-electron chi connectivity index (χ1n) is 4.26. The lowest BCUT2D eigenvalue weighted by Crippen LogP contribution is -2.41. The predicted molar refractivity (Wildman–Crippen MR) is 57.2 cm³/mol. The smallest absolute Gasteiger partial charge is 0.328 e. The van der Waals surface area contributed by atoms with E-state index in [4.69, 9.17) is 27.2 Å². The molecule has 0 heterocycles. The molecule has 1 atom stereocenters. The quantitative estimate of drug-likeness (QED) is 0.826. The fourth-order valence-corrected chi connectivity index (χ4v) is 1.37. The Morgan fingerprint density at radius 3 is 2.67 bits per heavy atom. The Labute approximate surface area is 92.6 Å². The maximum atomic E-state index is 11.0. The summed E-state index contributed by atoms with van der Waals surface area (Å²) in [6, 6.07) is 4.70. The first-order chi connectivity index (χ1) is 6.89. The molecule has 1 rings (SSSR count). The fourth-order valence-electron chi connectivity index (χ4n) is 1.20. The van der Waals surface area contributed by atoms with E-state index in [0.717, 1.165) is 0 Å². The van der Waals surface area contributed by atoms with Crippen molar-refractivity contribution in [2.24, 2.45) is 5.73 Å². The summed E-state index contributed by atoms with van der Waals surface area (Å²) >= 11 is 5.78. The van der Waals surface area contributed by atoms with Crippen LogP contribution in [0.4, 0.5) is 0 Å². The van der Waals surface area contributed by atoms with E-state index in [9.17, 15) is 4.79 Å². The molecule has 0 aliphatic heterocycles. The molecular weight excluding hydrogens is 218 g/mol. The fraction of sp³-hybridized carbons (Fsp3) is 0.300. The van der Waals surface area contributed by atoms with Gasteiger partial charge in [0, 0.05) is 10.6 Å². The number of carboxylic acid groups (broad SMARTS) is 1. The number of hydrogen-bond donors (Lipinski definition) is 2. The van der Waals surface area contributed by atoms with E-state index in [1.165, 1.54) is 20.1 Å². The van der Waals surface area contributed by atoms with E-state index >= 15 is 0 Å². The van der Waals surface area contributed by atoms with Crippen LogP contribution < -0.4 is 10.5 Å². The molecule has 0 aliphatic carbocycles. The van der Waals surface area contributed by atoms with Crippen LogP contribution in [0.15, 0.2) is 18.2 Å². The summed E-state index contributed by atoms with van der Waals surface area (Å²) < 4.78 is 5.03. The summed E-state index contributed by atoms with van der Waals surface area (Å²) in [4.78, 5) is 11.0. The molecule has 3 N–H and O–H groups in total. The van der Waals surface area contributed by atoms with Gasteiger partial charge in [-0.25, -0.2) is 4.79 Å². The van der Waals surface area contributed by atoms with Crippen LogP contribution in [0.5, 0.6) is 5.75 Å². The minimum atomic E-state index is -1.52. The molecule has 0 saturated heterocycles. The molecule has 4 nitrogen and oxygen atoms in total. The highest BCUT2D eigenvalue weighted by Crippen LogP contribution is 2.30. The van der Waals surface area contributed by atoms with E-state index in [1.54, 1.807) is 12.1 Å². The first kappa shape index (κ1) is 11.8. The van der Waals surface area contributed by atoms with Crippen molar-refractivity contribution in [3.05, 3.63) is 28.8 Å². The second kappa shape index (κ2) is 4.08. The van der Waals surface area contributed by atoms with Gasteiger partial charge in [0.25, 0.3) is 0 Å². The Morgan fingerprint density at radius 2 is 2.20 bits per heavy atom. The van der Waals surface area contributed by atoms with Gasteiger partial charge in [0.1, 0.15) is 11.3 Å². The molecule has 0 bridgehead atoms. The van der Waals surface area contributed by atoms with E-state index in [-0.39, 0.29) is 0 Å². The Bertz CT molecular complexity index is 390. The molecular formula is C10H12ClNO3. The van der Waals surface area contributed by atoms with Crippen LogP contribution in [0.3, 0.4) is 0 Å². The van der Waals surface area contributed by atoms with E-state index < -0.39 is 11.5 Å². The zero-order valence-corrected chi connectivity index (χ0v) is 9.21. The molecule has 0 radical (unpaired) electrons. The van der Waals surface area contributed by atoms with Crippen molar-refractivity contribution >= 4 is 17.6 Å². The van der Waals surface area contributed by atoms with E-state index in [1.807, 2.05) is 0 Å². The normalized spacial score (nSPS) is 14.4. The largest absolute Gasteiger partial charge is 0.496 e. The zero-order chi connectivity index (χ0) is 11.6. The Morgan fingerprint density at radius 1 is 1.60 bits per heavy atom. The van der Waals surface area contributed by atoms with Gasteiger partial charge in [0.2, 0.25) is 0 Å². The van der Waals surface area contributed by atoms with Crippen LogP contribution in [0.25, 0.3) is 0 Å². The van der Waals surface area contributed by atoms with Crippen LogP contribution in [-0.4, -0.2) is 18.2 Å². The van der Waals surface area contributed by atoms with Crippen molar-refractivity contribution in [3.63, 3.8) is 0 Å². The van der Waals surface area contributed by atoms with Gasteiger partial charge in [-0.1, -0.05) is 11.6 Å². The molecule has 1 aromatic carbocycles. The number of ether oxygens (including phenoxy) is 1. The van der Waals surface area contributed by atoms with Gasteiger partial charge in [-0.15, -0.1) is 0 Å². The third-order valence-electron chi connectivity index (χ3n) is 2.17. The average Bonchev–Trinajstić information content (AvgIpc) is 2.17. The minimum Gasteiger partial charge on any atom is -0.496 e. The lowest BCUT2D eigenvalue weighted by molar-refractivity contribution is -0.143. The van der Waals surface area contributed by atoms with Crippen LogP contribution in [0.1, 0.15) is 12.5 Å². The van der Waals surface area contributed by atoms with Gasteiger partial charge >= 0.3 is 5.97 Å². The van der Waals surface area contributed by atoms with Crippen molar-refractivity contribution < 1.29 is 14.6 Å². The number of rotatable bonds is 3. The molecule has 5 heteroatoms. The first-order valence-corrected chi connectivity index (χ1v) is 4.63. The monoisotopic (exact) mass is 229 g/mol. The molecule has 1 unspecified atom stereocenters. The molecule has 0 spiro atoms. The molecule has 0 aromatic heterocycles. The van der Waals surface area contributed by atoms with Crippen molar-refractivity contribution in [1.29, 1.82) is 0 Å². The minimum absolute atomic E-state index is 0.352. The van der Waals surface area contributed by atoms with Crippen LogP contribution in [-0.2, 0) is 10.3 Å². The highest BCUT2D eigenvalue weighted by Gasteiger charge is 2.33. The second-order valence-corrected chi connectivity index (χ2v) is 3.79. The van der Waals surface area contributed by atoms with E-state index in [0.29, 0.717) is 16.3 Å². The second-order valence-electron chi connectivity index (χ2n) is 3.35. The average molecular weight is 230 g/mol. The number of hydrogen-bond acceptors (Lipinski definition) is 3. The van der Waals surface area contributed by atoms with Gasteiger partial charge in [-0.3, -0.25) is 0 Å². The van der Waals surface area contributed by atoms with Crippen LogP contribution in [0.2, 0.25) is 5.02 Å². The van der Waals surface area contributed by atoms with Gasteiger partial charge in [0.15, 0.2) is 0 Å². The Kier molecular flexibility index (Phi) is 3.21. The standard InChI is InChI=1S/C10H12ClNO3/c1-10(12,9(13)14)7-5-6(11)3-4-8(7)15-2/h3-5H,12H2,1-2H3,(H,13,14). The number of benzene rings is 1. The highest BCUT2D eigenvalue weighted by molar-refractivity contribution is 6.30. The number of carboxylic acids is 1. The number of carbonyl (C=O) groups is 1. The topological polar surface area (TPSA) is 72.5 Å². The maximum absolute atomic E-state index is 11.0. The van der Waals surface area contributed by atoms with Gasteiger partial charge in [-0.2, -0.15) is 0 Å². The number of methoxy groups -OCH3 is 1. The maximum Gasteiger partial charge on any atom is 0.328 e. The molecule has 82 valence electrons. The number of halogens is 1.